The molecule has 0 aromatic heterocycles. The van der Waals surface area contributed by atoms with E-state index in [0.717, 1.165) is 19.6 Å². The predicted molar refractivity (Wildman–Crippen MR) is 66.5 cm³/mol. The van der Waals surface area contributed by atoms with Gasteiger partial charge in [-0.05, 0) is 30.5 Å². The summed E-state index contributed by atoms with van der Waals surface area (Å²) in [5, 5.41) is 3.48. The minimum absolute atomic E-state index is 0.709. The molecule has 1 aromatic carbocycles. The Bertz CT molecular complexity index is 378. The fourth-order valence-corrected chi connectivity index (χ4v) is 3.02. The minimum atomic E-state index is 0.709. The van der Waals surface area contributed by atoms with Crippen LogP contribution in [0.3, 0.4) is 0 Å². The van der Waals surface area contributed by atoms with Crippen LogP contribution in [0.25, 0.3) is 0 Å². The quantitative estimate of drug-likeness (QED) is 0.775. The molecule has 0 bridgehead atoms. The Morgan fingerprint density at radius 2 is 2.33 bits per heavy atom. The van der Waals surface area contributed by atoms with Gasteiger partial charge in [0.25, 0.3) is 0 Å². The lowest BCUT2D eigenvalue weighted by Crippen LogP contribution is -2.53. The predicted octanol–water partition coefficient (Wildman–Crippen LogP) is 2.17. The van der Waals surface area contributed by atoms with Gasteiger partial charge in [-0.3, -0.25) is 0 Å². The molecule has 15 heavy (non-hydrogen) atoms. The summed E-state index contributed by atoms with van der Waals surface area (Å²) in [4.78, 5) is 2.57. The lowest BCUT2D eigenvalue weighted by molar-refractivity contribution is 0.440. The van der Waals surface area contributed by atoms with Crippen LogP contribution in [-0.4, -0.2) is 25.7 Å². The highest BCUT2D eigenvalue weighted by molar-refractivity contribution is 9.10. The fourth-order valence-electron chi connectivity index (χ4n) is 2.67. The molecule has 1 saturated heterocycles. The largest absolute Gasteiger partial charge is 0.366 e. The Morgan fingerprint density at radius 1 is 1.40 bits per heavy atom. The van der Waals surface area contributed by atoms with E-state index in [1.54, 1.807) is 0 Å². The first-order chi connectivity index (χ1) is 7.34. The van der Waals surface area contributed by atoms with Crippen molar-refractivity contribution < 1.29 is 0 Å². The third-order valence-corrected chi connectivity index (χ3v) is 3.95. The van der Waals surface area contributed by atoms with Crippen molar-refractivity contribution in [3.05, 3.63) is 28.2 Å². The molecule has 1 N–H and O–H groups in total. The number of benzene rings is 1. The molecule has 1 unspecified atom stereocenters. The van der Waals surface area contributed by atoms with Crippen LogP contribution in [0.2, 0.25) is 0 Å². The maximum Gasteiger partial charge on any atom is 0.0418 e. The van der Waals surface area contributed by atoms with Gasteiger partial charge >= 0.3 is 0 Å². The summed E-state index contributed by atoms with van der Waals surface area (Å²) in [6, 6.07) is 7.40. The van der Waals surface area contributed by atoms with Crippen LogP contribution in [0.5, 0.6) is 0 Å². The molecule has 0 spiro atoms. The number of hydrogen-bond acceptors (Lipinski definition) is 2. The highest BCUT2D eigenvalue weighted by atomic mass is 79.9. The molecule has 0 saturated carbocycles. The zero-order chi connectivity index (χ0) is 10.3. The lowest BCUT2D eigenvalue weighted by Gasteiger charge is -2.42. The van der Waals surface area contributed by atoms with E-state index in [1.165, 1.54) is 28.6 Å². The maximum absolute atomic E-state index is 3.56. The number of hydrogen-bond donors (Lipinski definition) is 1. The molecule has 3 rings (SSSR count). The smallest absolute Gasteiger partial charge is 0.0418 e. The van der Waals surface area contributed by atoms with Crippen LogP contribution in [0.1, 0.15) is 12.0 Å². The molecule has 0 radical (unpaired) electrons. The van der Waals surface area contributed by atoms with Crippen molar-refractivity contribution in [3.8, 4) is 0 Å². The van der Waals surface area contributed by atoms with Gasteiger partial charge in [-0.25, -0.2) is 0 Å². The van der Waals surface area contributed by atoms with Crippen molar-refractivity contribution in [3.63, 3.8) is 0 Å². The molecule has 0 aliphatic carbocycles. The zero-order valence-electron chi connectivity index (χ0n) is 8.67. The SMILES string of the molecule is Brc1ccc2c(c1)N1CCNCC1CC2. The Morgan fingerprint density at radius 3 is 3.27 bits per heavy atom. The monoisotopic (exact) mass is 266 g/mol. The Hall–Kier alpha value is -0.540. The summed E-state index contributed by atoms with van der Waals surface area (Å²) >= 11 is 3.56. The summed E-state index contributed by atoms with van der Waals surface area (Å²) in [7, 11) is 0. The molecule has 2 aliphatic heterocycles. The summed E-state index contributed by atoms with van der Waals surface area (Å²) in [6.45, 7) is 3.41. The first-order valence-corrected chi connectivity index (χ1v) is 6.40. The Balaban J connectivity index is 2.01. The van der Waals surface area contributed by atoms with Crippen molar-refractivity contribution in [1.82, 2.24) is 5.32 Å². The normalized spacial score (nSPS) is 24.6. The summed E-state index contributed by atoms with van der Waals surface area (Å²) in [5.74, 6) is 0. The van der Waals surface area contributed by atoms with Gasteiger partial charge in [0.15, 0.2) is 0 Å². The molecule has 0 amide bonds. The van der Waals surface area contributed by atoms with Gasteiger partial charge in [-0.2, -0.15) is 0 Å². The van der Waals surface area contributed by atoms with Gasteiger partial charge < -0.3 is 10.2 Å². The van der Waals surface area contributed by atoms with Crippen molar-refractivity contribution in [2.24, 2.45) is 0 Å². The number of anilines is 1. The lowest BCUT2D eigenvalue weighted by atomic mass is 9.94. The van der Waals surface area contributed by atoms with E-state index in [1.807, 2.05) is 0 Å². The summed E-state index contributed by atoms with van der Waals surface area (Å²) in [5.41, 5.74) is 2.96. The van der Waals surface area contributed by atoms with Crippen molar-refractivity contribution in [2.75, 3.05) is 24.5 Å². The standard InChI is InChI=1S/C12H15BrN2/c13-10-3-1-9-2-4-11-8-14-5-6-15(11)12(9)7-10/h1,3,7,11,14H,2,4-6,8H2. The molecular weight excluding hydrogens is 252 g/mol. The van der Waals surface area contributed by atoms with Gasteiger partial charge in [0.2, 0.25) is 0 Å². The first kappa shape index (κ1) is 9.67. The second-order valence-corrected chi connectivity index (χ2v) is 5.28. The van der Waals surface area contributed by atoms with Crippen LogP contribution in [0, 0.1) is 0 Å². The van der Waals surface area contributed by atoms with Gasteiger partial charge in [0.05, 0.1) is 0 Å². The van der Waals surface area contributed by atoms with Crippen LogP contribution >= 0.6 is 15.9 Å². The van der Waals surface area contributed by atoms with Gasteiger partial charge in [0.1, 0.15) is 0 Å². The van der Waals surface area contributed by atoms with Gasteiger partial charge in [-0.1, -0.05) is 22.0 Å². The third-order valence-electron chi connectivity index (χ3n) is 3.45. The van der Waals surface area contributed by atoms with E-state index in [2.05, 4.69) is 44.3 Å². The van der Waals surface area contributed by atoms with E-state index in [0.29, 0.717) is 6.04 Å². The van der Waals surface area contributed by atoms with Gasteiger partial charge in [-0.15, -0.1) is 0 Å². The average molecular weight is 267 g/mol. The highest BCUT2D eigenvalue weighted by Gasteiger charge is 2.27. The van der Waals surface area contributed by atoms with E-state index in [4.69, 9.17) is 0 Å². The van der Waals surface area contributed by atoms with Crippen LogP contribution in [0.4, 0.5) is 5.69 Å². The molecule has 2 nitrogen and oxygen atoms in total. The highest BCUT2D eigenvalue weighted by Crippen LogP contribution is 2.33. The van der Waals surface area contributed by atoms with E-state index in [-0.39, 0.29) is 0 Å². The molecule has 1 aromatic rings. The molecule has 1 atom stereocenters. The average Bonchev–Trinajstić information content (AvgIpc) is 2.29. The van der Waals surface area contributed by atoms with Crippen molar-refractivity contribution in [2.45, 2.75) is 18.9 Å². The third kappa shape index (κ3) is 1.68. The molecule has 2 aliphatic rings. The number of nitrogens with one attached hydrogen (secondary N) is 1. The summed E-state index contributed by atoms with van der Waals surface area (Å²) < 4.78 is 1.19. The van der Waals surface area contributed by atoms with E-state index >= 15 is 0 Å². The number of piperazine rings is 1. The number of nitrogens with zero attached hydrogens (tertiary/aromatic N) is 1. The topological polar surface area (TPSA) is 15.3 Å². The number of halogens is 1. The number of rotatable bonds is 0. The van der Waals surface area contributed by atoms with E-state index < -0.39 is 0 Å². The van der Waals surface area contributed by atoms with E-state index in [9.17, 15) is 0 Å². The molecule has 80 valence electrons. The number of aryl methyl sites for hydroxylation is 1. The zero-order valence-corrected chi connectivity index (χ0v) is 10.3. The minimum Gasteiger partial charge on any atom is -0.366 e. The second-order valence-electron chi connectivity index (χ2n) is 4.36. The number of fused-ring (bicyclic) bond motifs is 3. The van der Waals surface area contributed by atoms with Crippen LogP contribution in [0.15, 0.2) is 22.7 Å². The fraction of sp³-hybridized carbons (Fsp3) is 0.500. The first-order valence-electron chi connectivity index (χ1n) is 5.60. The van der Waals surface area contributed by atoms with Crippen LogP contribution < -0.4 is 10.2 Å². The van der Waals surface area contributed by atoms with Crippen molar-refractivity contribution >= 4 is 21.6 Å². The second kappa shape index (κ2) is 3.80. The maximum atomic E-state index is 3.56. The van der Waals surface area contributed by atoms with Crippen LogP contribution in [-0.2, 0) is 6.42 Å². The Kier molecular flexibility index (Phi) is 2.45. The molecule has 2 heterocycles. The Labute approximate surface area is 98.8 Å². The molecular formula is C12H15BrN2. The van der Waals surface area contributed by atoms with Gasteiger partial charge in [0, 0.05) is 35.8 Å². The molecule has 1 fully saturated rings. The molecule has 3 heteroatoms. The summed E-state index contributed by atoms with van der Waals surface area (Å²) in [6.07, 6.45) is 2.52. The van der Waals surface area contributed by atoms with Crippen molar-refractivity contribution in [1.29, 1.82) is 0 Å².